The lowest BCUT2D eigenvalue weighted by atomic mass is 10.1. The second-order valence-corrected chi connectivity index (χ2v) is 5.82. The molecule has 124 valence electrons. The summed E-state index contributed by atoms with van der Waals surface area (Å²) in [5.74, 6) is -0.635. The SMILES string of the molecule is O=C1c2ccccc2C(=O)N1CCCCNCc1ccc(F)cc1. The number of amides is 2. The Morgan fingerprint density at radius 1 is 0.875 bits per heavy atom. The number of hydrogen-bond donors (Lipinski definition) is 1. The molecule has 1 N–H and O–H groups in total. The molecule has 0 spiro atoms. The lowest BCUT2D eigenvalue weighted by Crippen LogP contribution is -2.31. The highest BCUT2D eigenvalue weighted by atomic mass is 19.1. The molecule has 4 nitrogen and oxygen atoms in total. The zero-order chi connectivity index (χ0) is 16.9. The molecule has 0 unspecified atom stereocenters. The predicted molar refractivity (Wildman–Crippen MR) is 89.1 cm³/mol. The smallest absolute Gasteiger partial charge is 0.261 e. The summed E-state index contributed by atoms with van der Waals surface area (Å²) in [4.78, 5) is 25.7. The lowest BCUT2D eigenvalue weighted by Gasteiger charge is -2.13. The molecule has 0 bridgehead atoms. The minimum absolute atomic E-state index is 0.199. The summed E-state index contributed by atoms with van der Waals surface area (Å²) in [6, 6.07) is 13.3. The predicted octanol–water partition coefficient (Wildman–Crippen LogP) is 2.99. The number of hydrogen-bond acceptors (Lipinski definition) is 3. The van der Waals surface area contributed by atoms with Gasteiger partial charge in [0.1, 0.15) is 5.82 Å². The number of carbonyl (C=O) groups is 2. The molecule has 1 heterocycles. The van der Waals surface area contributed by atoms with Gasteiger partial charge in [0, 0.05) is 13.1 Å². The number of imide groups is 1. The minimum Gasteiger partial charge on any atom is -0.313 e. The summed E-state index contributed by atoms with van der Waals surface area (Å²) in [6.45, 7) is 1.89. The maximum atomic E-state index is 12.8. The van der Waals surface area contributed by atoms with E-state index >= 15 is 0 Å². The van der Waals surface area contributed by atoms with Crippen LogP contribution in [-0.2, 0) is 6.54 Å². The molecule has 1 aliphatic rings. The van der Waals surface area contributed by atoms with Gasteiger partial charge in [-0.3, -0.25) is 14.5 Å². The Labute approximate surface area is 140 Å². The first-order valence-corrected chi connectivity index (χ1v) is 8.07. The van der Waals surface area contributed by atoms with Gasteiger partial charge in [0.25, 0.3) is 11.8 Å². The molecule has 24 heavy (non-hydrogen) atoms. The maximum absolute atomic E-state index is 12.8. The lowest BCUT2D eigenvalue weighted by molar-refractivity contribution is 0.0651. The molecule has 0 atom stereocenters. The molecular weight excluding hydrogens is 307 g/mol. The van der Waals surface area contributed by atoms with Gasteiger partial charge >= 0.3 is 0 Å². The van der Waals surface area contributed by atoms with Crippen molar-refractivity contribution >= 4 is 11.8 Å². The number of halogens is 1. The van der Waals surface area contributed by atoms with Gasteiger partial charge in [-0.25, -0.2) is 4.39 Å². The summed E-state index contributed by atoms with van der Waals surface area (Å²) in [5.41, 5.74) is 2.02. The topological polar surface area (TPSA) is 49.4 Å². The molecule has 0 saturated carbocycles. The van der Waals surface area contributed by atoms with Crippen molar-refractivity contribution in [2.75, 3.05) is 13.1 Å². The van der Waals surface area contributed by atoms with Crippen LogP contribution in [0.4, 0.5) is 4.39 Å². The molecule has 1 aliphatic heterocycles. The normalized spacial score (nSPS) is 13.5. The van der Waals surface area contributed by atoms with Crippen molar-refractivity contribution in [2.45, 2.75) is 19.4 Å². The van der Waals surface area contributed by atoms with Gasteiger partial charge in [0.15, 0.2) is 0 Å². The van der Waals surface area contributed by atoms with E-state index in [1.54, 1.807) is 36.4 Å². The van der Waals surface area contributed by atoms with Gasteiger partial charge in [-0.1, -0.05) is 24.3 Å². The average Bonchev–Trinajstić information content (AvgIpc) is 2.84. The highest BCUT2D eigenvalue weighted by Gasteiger charge is 2.34. The van der Waals surface area contributed by atoms with E-state index in [-0.39, 0.29) is 17.6 Å². The standard InChI is InChI=1S/C19H19FN2O2/c20-15-9-7-14(8-10-15)13-21-11-3-4-12-22-18(23)16-5-1-2-6-17(16)19(22)24/h1-2,5-10,21H,3-4,11-13H2. The molecule has 5 heteroatoms. The molecule has 0 radical (unpaired) electrons. The van der Waals surface area contributed by atoms with Crippen molar-refractivity contribution < 1.29 is 14.0 Å². The highest BCUT2D eigenvalue weighted by molar-refractivity contribution is 6.21. The van der Waals surface area contributed by atoms with Crippen LogP contribution in [-0.4, -0.2) is 29.8 Å². The Bertz CT molecular complexity index is 708. The van der Waals surface area contributed by atoms with E-state index in [1.807, 2.05) is 0 Å². The van der Waals surface area contributed by atoms with Gasteiger partial charge in [-0.15, -0.1) is 0 Å². The Morgan fingerprint density at radius 3 is 2.12 bits per heavy atom. The fourth-order valence-corrected chi connectivity index (χ4v) is 2.80. The first kappa shape index (κ1) is 16.3. The van der Waals surface area contributed by atoms with E-state index in [9.17, 15) is 14.0 Å². The number of benzene rings is 2. The number of nitrogens with one attached hydrogen (secondary N) is 1. The summed E-state index contributed by atoms with van der Waals surface area (Å²) < 4.78 is 12.8. The number of unbranched alkanes of at least 4 members (excludes halogenated alkanes) is 1. The largest absolute Gasteiger partial charge is 0.313 e. The Hall–Kier alpha value is -2.53. The summed E-state index contributed by atoms with van der Waals surface area (Å²) in [5, 5.41) is 3.28. The molecule has 0 saturated heterocycles. The van der Waals surface area contributed by atoms with Crippen molar-refractivity contribution in [1.82, 2.24) is 10.2 Å². The number of fused-ring (bicyclic) bond motifs is 1. The maximum Gasteiger partial charge on any atom is 0.261 e. The summed E-state index contributed by atoms with van der Waals surface area (Å²) >= 11 is 0. The Morgan fingerprint density at radius 2 is 1.50 bits per heavy atom. The third kappa shape index (κ3) is 3.51. The van der Waals surface area contributed by atoms with Crippen molar-refractivity contribution in [3.63, 3.8) is 0 Å². The van der Waals surface area contributed by atoms with E-state index in [1.165, 1.54) is 17.0 Å². The quantitative estimate of drug-likeness (QED) is 0.628. The zero-order valence-electron chi connectivity index (χ0n) is 13.3. The average molecular weight is 326 g/mol. The second kappa shape index (κ2) is 7.36. The zero-order valence-corrected chi connectivity index (χ0v) is 13.3. The minimum atomic E-state index is -0.236. The van der Waals surface area contributed by atoms with Crippen LogP contribution in [0.3, 0.4) is 0 Å². The van der Waals surface area contributed by atoms with Crippen LogP contribution >= 0.6 is 0 Å². The fraction of sp³-hybridized carbons (Fsp3) is 0.263. The first-order valence-electron chi connectivity index (χ1n) is 8.07. The van der Waals surface area contributed by atoms with Crippen LogP contribution in [0.5, 0.6) is 0 Å². The summed E-state index contributed by atoms with van der Waals surface area (Å²) in [7, 11) is 0. The van der Waals surface area contributed by atoms with Gasteiger partial charge in [-0.05, 0) is 49.2 Å². The van der Waals surface area contributed by atoms with Crippen LogP contribution in [0.1, 0.15) is 39.1 Å². The van der Waals surface area contributed by atoms with Gasteiger partial charge in [0.05, 0.1) is 11.1 Å². The molecule has 2 amide bonds. The fourth-order valence-electron chi connectivity index (χ4n) is 2.80. The van der Waals surface area contributed by atoms with Crippen LogP contribution in [0, 0.1) is 5.82 Å². The monoisotopic (exact) mass is 326 g/mol. The third-order valence-electron chi connectivity index (χ3n) is 4.11. The van der Waals surface area contributed by atoms with Crippen molar-refractivity contribution in [3.05, 3.63) is 71.0 Å². The number of rotatable bonds is 7. The van der Waals surface area contributed by atoms with E-state index in [0.29, 0.717) is 24.2 Å². The van der Waals surface area contributed by atoms with Gasteiger partial charge in [0.2, 0.25) is 0 Å². The number of nitrogens with zero attached hydrogens (tertiary/aromatic N) is 1. The molecule has 2 aromatic carbocycles. The van der Waals surface area contributed by atoms with E-state index < -0.39 is 0 Å². The number of carbonyl (C=O) groups excluding carboxylic acids is 2. The van der Waals surface area contributed by atoms with E-state index in [4.69, 9.17) is 0 Å². The van der Waals surface area contributed by atoms with Crippen LogP contribution in [0.15, 0.2) is 48.5 Å². The Kier molecular flexibility index (Phi) is 5.01. The van der Waals surface area contributed by atoms with E-state index in [0.717, 1.165) is 24.9 Å². The molecular formula is C19H19FN2O2. The Balaban J connectivity index is 1.39. The van der Waals surface area contributed by atoms with E-state index in [2.05, 4.69) is 5.32 Å². The van der Waals surface area contributed by atoms with Crippen molar-refractivity contribution in [3.8, 4) is 0 Å². The van der Waals surface area contributed by atoms with Crippen LogP contribution < -0.4 is 5.32 Å². The first-order chi connectivity index (χ1) is 11.7. The van der Waals surface area contributed by atoms with Crippen molar-refractivity contribution in [1.29, 1.82) is 0 Å². The molecule has 3 rings (SSSR count). The molecule has 0 fully saturated rings. The van der Waals surface area contributed by atoms with Crippen LogP contribution in [0.25, 0.3) is 0 Å². The second-order valence-electron chi connectivity index (χ2n) is 5.82. The van der Waals surface area contributed by atoms with Crippen LogP contribution in [0.2, 0.25) is 0 Å². The van der Waals surface area contributed by atoms with Gasteiger partial charge < -0.3 is 5.32 Å². The van der Waals surface area contributed by atoms with Gasteiger partial charge in [-0.2, -0.15) is 0 Å². The highest BCUT2D eigenvalue weighted by Crippen LogP contribution is 2.22. The molecule has 0 aliphatic carbocycles. The summed E-state index contributed by atoms with van der Waals surface area (Å²) in [6.07, 6.45) is 1.61. The van der Waals surface area contributed by atoms with Crippen molar-refractivity contribution in [2.24, 2.45) is 0 Å². The molecule has 2 aromatic rings. The third-order valence-corrected chi connectivity index (χ3v) is 4.11. The molecule has 0 aromatic heterocycles.